The smallest absolute Gasteiger partial charge is 0.306 e. The van der Waals surface area contributed by atoms with Crippen molar-refractivity contribution >= 4 is 21.7 Å². The molecule has 2 rings (SSSR count). The highest BCUT2D eigenvalue weighted by Gasteiger charge is 2.36. The van der Waals surface area contributed by atoms with Crippen LogP contribution in [0.15, 0.2) is 0 Å². The minimum absolute atomic E-state index is 0.00557. The third-order valence-corrected chi connectivity index (χ3v) is 5.89. The molecule has 120 valence electrons. The van der Waals surface area contributed by atoms with Crippen molar-refractivity contribution in [2.75, 3.05) is 51.3 Å². The van der Waals surface area contributed by atoms with Gasteiger partial charge in [-0.2, -0.15) is 0 Å². The van der Waals surface area contributed by atoms with E-state index in [1.54, 1.807) is 4.90 Å². The molecular weight excluding hydrogens is 296 g/mol. The van der Waals surface area contributed by atoms with Crippen molar-refractivity contribution in [2.24, 2.45) is 5.92 Å². The Balaban J connectivity index is 1.76. The van der Waals surface area contributed by atoms with Crippen LogP contribution in [0, 0.1) is 5.92 Å². The topological polar surface area (TPSA) is 84.0 Å². The molecule has 1 amide bonds. The van der Waals surface area contributed by atoms with Crippen molar-refractivity contribution in [2.45, 2.75) is 12.8 Å². The number of hydrogen-bond donors (Lipinski definition) is 0. The number of carbonyl (C=O) groups excluding carboxylic acids is 2. The maximum Gasteiger partial charge on any atom is 0.306 e. The van der Waals surface area contributed by atoms with Crippen LogP contribution in [-0.2, 0) is 24.2 Å². The van der Waals surface area contributed by atoms with Gasteiger partial charge < -0.3 is 9.64 Å². The van der Waals surface area contributed by atoms with Crippen LogP contribution in [0.1, 0.15) is 12.8 Å². The van der Waals surface area contributed by atoms with Crippen LogP contribution in [-0.4, -0.2) is 81.4 Å². The molecule has 1 unspecified atom stereocenters. The number of amides is 1. The average molecular weight is 318 g/mol. The number of methoxy groups -OCH3 is 1. The minimum Gasteiger partial charge on any atom is -0.469 e. The lowest BCUT2D eigenvalue weighted by molar-refractivity contribution is -0.142. The first kappa shape index (κ1) is 16.2. The molecule has 0 aromatic heterocycles. The zero-order valence-electron chi connectivity index (χ0n) is 12.3. The Morgan fingerprint density at radius 2 is 1.86 bits per heavy atom. The summed E-state index contributed by atoms with van der Waals surface area (Å²) in [5.41, 5.74) is 0. The number of hydrogen-bond acceptors (Lipinski definition) is 6. The van der Waals surface area contributed by atoms with E-state index in [2.05, 4.69) is 9.64 Å². The summed E-state index contributed by atoms with van der Waals surface area (Å²) in [5.74, 6) is -0.512. The van der Waals surface area contributed by atoms with Gasteiger partial charge in [0.05, 0.1) is 31.0 Å². The quantitative estimate of drug-likeness (QED) is 0.627. The van der Waals surface area contributed by atoms with E-state index in [9.17, 15) is 18.0 Å². The maximum atomic E-state index is 12.3. The lowest BCUT2D eigenvalue weighted by Gasteiger charge is -2.35. The molecule has 0 N–H and O–H groups in total. The first-order valence-corrected chi connectivity index (χ1v) is 9.02. The van der Waals surface area contributed by atoms with Gasteiger partial charge in [0.25, 0.3) is 0 Å². The van der Waals surface area contributed by atoms with E-state index >= 15 is 0 Å². The van der Waals surface area contributed by atoms with E-state index in [-0.39, 0.29) is 29.3 Å². The monoisotopic (exact) mass is 318 g/mol. The summed E-state index contributed by atoms with van der Waals surface area (Å²) in [6.07, 6.45) is 0.801. The van der Waals surface area contributed by atoms with Crippen molar-refractivity contribution in [3.05, 3.63) is 0 Å². The van der Waals surface area contributed by atoms with Crippen LogP contribution in [0.5, 0.6) is 0 Å². The highest BCUT2D eigenvalue weighted by molar-refractivity contribution is 7.91. The Labute approximate surface area is 125 Å². The summed E-state index contributed by atoms with van der Waals surface area (Å²) in [5, 5.41) is 0. The molecule has 0 aliphatic carbocycles. The van der Waals surface area contributed by atoms with Crippen molar-refractivity contribution in [1.82, 2.24) is 9.80 Å². The summed E-state index contributed by atoms with van der Waals surface area (Å²) in [7, 11) is -1.65. The third kappa shape index (κ3) is 4.41. The van der Waals surface area contributed by atoms with E-state index in [4.69, 9.17) is 0 Å². The molecule has 2 aliphatic heterocycles. The second kappa shape index (κ2) is 6.74. The Kier molecular flexibility index (Phi) is 5.21. The molecule has 1 atom stereocenters. The lowest BCUT2D eigenvalue weighted by Crippen LogP contribution is -2.50. The van der Waals surface area contributed by atoms with E-state index in [1.165, 1.54) is 7.11 Å². The molecule has 0 aromatic carbocycles. The molecule has 2 heterocycles. The first-order valence-electron chi connectivity index (χ1n) is 7.19. The molecule has 0 aromatic rings. The van der Waals surface area contributed by atoms with Gasteiger partial charge in [-0.25, -0.2) is 8.42 Å². The highest BCUT2D eigenvalue weighted by Crippen LogP contribution is 2.21. The summed E-state index contributed by atoms with van der Waals surface area (Å²) in [6.45, 7) is 3.24. The summed E-state index contributed by atoms with van der Waals surface area (Å²) in [6, 6.07) is 0. The predicted molar refractivity (Wildman–Crippen MR) is 76.4 cm³/mol. The minimum atomic E-state index is -3.02. The van der Waals surface area contributed by atoms with Crippen LogP contribution < -0.4 is 0 Å². The second-order valence-corrected chi connectivity index (χ2v) is 7.82. The van der Waals surface area contributed by atoms with Crippen LogP contribution in [0.4, 0.5) is 0 Å². The van der Waals surface area contributed by atoms with Crippen molar-refractivity contribution in [3.63, 3.8) is 0 Å². The van der Waals surface area contributed by atoms with Gasteiger partial charge in [0.15, 0.2) is 9.84 Å². The van der Waals surface area contributed by atoms with Crippen molar-refractivity contribution in [1.29, 1.82) is 0 Å². The Hall–Kier alpha value is -1.15. The van der Waals surface area contributed by atoms with Crippen LogP contribution in [0.2, 0.25) is 0 Å². The molecule has 2 saturated heterocycles. The van der Waals surface area contributed by atoms with E-state index in [1.807, 2.05) is 0 Å². The van der Waals surface area contributed by atoms with Crippen molar-refractivity contribution in [3.8, 4) is 0 Å². The molecule has 8 heteroatoms. The van der Waals surface area contributed by atoms with Gasteiger partial charge in [-0.15, -0.1) is 0 Å². The Morgan fingerprint density at radius 1 is 1.19 bits per heavy atom. The average Bonchev–Trinajstić information content (AvgIpc) is 2.84. The molecular formula is C13H22N2O5S. The number of nitrogens with zero attached hydrogens (tertiary/aromatic N) is 2. The largest absolute Gasteiger partial charge is 0.469 e. The highest BCUT2D eigenvalue weighted by atomic mass is 32.2. The Bertz CT molecular complexity index is 497. The summed E-state index contributed by atoms with van der Waals surface area (Å²) in [4.78, 5) is 27.2. The number of piperazine rings is 1. The standard InChI is InChI=1S/C13H22N2O5S/c1-20-12(16)2-4-14-5-7-15(8-6-14)13(17)11-3-9-21(18,19)10-11/h11H,2-10H2,1H3. The van der Waals surface area contributed by atoms with Gasteiger partial charge in [-0.05, 0) is 6.42 Å². The molecule has 2 aliphatic rings. The summed E-state index contributed by atoms with van der Waals surface area (Å²) < 4.78 is 27.5. The normalized spacial score (nSPS) is 25.8. The van der Waals surface area contributed by atoms with Crippen LogP contribution in [0.3, 0.4) is 0 Å². The molecule has 7 nitrogen and oxygen atoms in total. The van der Waals surface area contributed by atoms with Crippen molar-refractivity contribution < 1.29 is 22.7 Å². The van der Waals surface area contributed by atoms with Gasteiger partial charge in [-0.3, -0.25) is 14.5 Å². The number of sulfone groups is 1. The number of carbonyl (C=O) groups is 2. The zero-order valence-corrected chi connectivity index (χ0v) is 13.1. The van der Waals surface area contributed by atoms with Gasteiger partial charge in [0.1, 0.15) is 0 Å². The number of rotatable bonds is 4. The van der Waals surface area contributed by atoms with Gasteiger partial charge >= 0.3 is 5.97 Å². The molecule has 0 bridgehead atoms. The number of esters is 1. The molecule has 0 spiro atoms. The zero-order chi connectivity index (χ0) is 15.5. The molecule has 0 radical (unpaired) electrons. The first-order chi connectivity index (χ1) is 9.91. The Morgan fingerprint density at radius 3 is 2.38 bits per heavy atom. The second-order valence-electron chi connectivity index (χ2n) is 5.59. The van der Waals surface area contributed by atoms with Crippen LogP contribution in [0.25, 0.3) is 0 Å². The van der Waals surface area contributed by atoms with Crippen LogP contribution >= 0.6 is 0 Å². The molecule has 21 heavy (non-hydrogen) atoms. The molecule has 2 fully saturated rings. The van der Waals surface area contributed by atoms with Gasteiger partial charge in [-0.1, -0.05) is 0 Å². The SMILES string of the molecule is COC(=O)CCN1CCN(C(=O)C2CCS(=O)(=O)C2)CC1. The van der Waals surface area contributed by atoms with E-state index in [0.29, 0.717) is 45.6 Å². The molecule has 0 saturated carbocycles. The fraction of sp³-hybridized carbons (Fsp3) is 0.846. The van der Waals surface area contributed by atoms with Gasteiger partial charge in [0, 0.05) is 32.7 Å². The van der Waals surface area contributed by atoms with Gasteiger partial charge in [0.2, 0.25) is 5.91 Å². The third-order valence-electron chi connectivity index (χ3n) is 4.13. The maximum absolute atomic E-state index is 12.3. The van der Waals surface area contributed by atoms with E-state index in [0.717, 1.165) is 0 Å². The fourth-order valence-corrected chi connectivity index (χ4v) is 4.52. The lowest BCUT2D eigenvalue weighted by atomic mass is 10.1. The van der Waals surface area contributed by atoms with E-state index < -0.39 is 9.84 Å². The number of ether oxygens (including phenoxy) is 1. The predicted octanol–water partition coefficient (Wildman–Crippen LogP) is -0.872. The fourth-order valence-electron chi connectivity index (χ4n) is 2.79. The summed E-state index contributed by atoms with van der Waals surface area (Å²) >= 11 is 0.